The third kappa shape index (κ3) is 1.05. The highest BCUT2D eigenvalue weighted by Gasteiger charge is 2.21. The van der Waals surface area contributed by atoms with Crippen LogP contribution in [0, 0.1) is 0 Å². The van der Waals surface area contributed by atoms with Crippen LogP contribution in [0.25, 0.3) is 0 Å². The Morgan fingerprint density at radius 3 is 3.25 bits per heavy atom. The van der Waals surface area contributed by atoms with Crippen LogP contribution in [0.4, 0.5) is 0 Å². The molecule has 0 saturated carbocycles. The lowest BCUT2D eigenvalue weighted by molar-refractivity contribution is 0.479. The van der Waals surface area contributed by atoms with Gasteiger partial charge in [0.2, 0.25) is 0 Å². The van der Waals surface area contributed by atoms with Gasteiger partial charge in [0.1, 0.15) is 0 Å². The Hall–Kier alpha value is -0.830. The van der Waals surface area contributed by atoms with Crippen molar-refractivity contribution in [2.45, 2.75) is 25.3 Å². The molecule has 2 rings (SSSR count). The van der Waals surface area contributed by atoms with E-state index in [2.05, 4.69) is 21.9 Å². The Morgan fingerprint density at radius 1 is 1.67 bits per heavy atom. The van der Waals surface area contributed by atoms with Gasteiger partial charge in [-0.1, -0.05) is 0 Å². The molecule has 0 aliphatic heterocycles. The quantitative estimate of drug-likeness (QED) is 0.673. The maximum atomic E-state index is 4.41. The van der Waals surface area contributed by atoms with E-state index in [0.29, 0.717) is 6.04 Å². The van der Waals surface area contributed by atoms with Crippen molar-refractivity contribution in [2.75, 3.05) is 7.05 Å². The molecule has 3 heteroatoms. The van der Waals surface area contributed by atoms with Gasteiger partial charge in [-0.05, 0) is 26.3 Å². The SMILES string of the molecule is CN[C@@H]1CCCc2c1ncn2C. The maximum Gasteiger partial charge on any atom is 0.0949 e. The van der Waals surface area contributed by atoms with E-state index in [0.717, 1.165) is 0 Å². The van der Waals surface area contributed by atoms with Crippen molar-refractivity contribution in [3.05, 3.63) is 17.7 Å². The van der Waals surface area contributed by atoms with Crippen LogP contribution in [0.3, 0.4) is 0 Å². The average molecular weight is 165 g/mol. The Balaban J connectivity index is 2.38. The monoisotopic (exact) mass is 165 g/mol. The van der Waals surface area contributed by atoms with Gasteiger partial charge in [-0.3, -0.25) is 0 Å². The smallest absolute Gasteiger partial charge is 0.0949 e. The molecular weight excluding hydrogens is 150 g/mol. The maximum absolute atomic E-state index is 4.41. The number of rotatable bonds is 1. The minimum atomic E-state index is 0.481. The second-order valence-corrected chi connectivity index (χ2v) is 3.42. The van der Waals surface area contributed by atoms with Crippen molar-refractivity contribution in [1.82, 2.24) is 14.9 Å². The van der Waals surface area contributed by atoms with Crippen molar-refractivity contribution in [3.8, 4) is 0 Å². The van der Waals surface area contributed by atoms with Gasteiger partial charge in [-0.2, -0.15) is 0 Å². The second-order valence-electron chi connectivity index (χ2n) is 3.42. The number of hydrogen-bond acceptors (Lipinski definition) is 2. The number of nitrogens with zero attached hydrogens (tertiary/aromatic N) is 2. The molecule has 66 valence electrons. The predicted molar refractivity (Wildman–Crippen MR) is 47.9 cm³/mol. The zero-order valence-electron chi connectivity index (χ0n) is 7.67. The first-order valence-electron chi connectivity index (χ1n) is 4.50. The van der Waals surface area contributed by atoms with Crippen molar-refractivity contribution in [3.63, 3.8) is 0 Å². The molecule has 1 aromatic heterocycles. The first kappa shape index (κ1) is 7.80. The molecule has 1 atom stereocenters. The fraction of sp³-hybridized carbons (Fsp3) is 0.667. The van der Waals surface area contributed by atoms with E-state index >= 15 is 0 Å². The minimum absolute atomic E-state index is 0.481. The van der Waals surface area contributed by atoms with E-state index in [1.807, 2.05) is 13.4 Å². The summed E-state index contributed by atoms with van der Waals surface area (Å²) in [6.45, 7) is 0. The normalized spacial score (nSPS) is 22.3. The van der Waals surface area contributed by atoms with E-state index < -0.39 is 0 Å². The molecule has 0 unspecified atom stereocenters. The molecule has 0 aromatic carbocycles. The van der Waals surface area contributed by atoms with E-state index in [9.17, 15) is 0 Å². The minimum Gasteiger partial charge on any atom is -0.337 e. The number of aromatic nitrogens is 2. The molecular formula is C9H15N3. The van der Waals surface area contributed by atoms with Crippen LogP contribution in [0.2, 0.25) is 0 Å². The molecule has 0 saturated heterocycles. The van der Waals surface area contributed by atoms with Crippen LogP contribution in [0.5, 0.6) is 0 Å². The van der Waals surface area contributed by atoms with Crippen LogP contribution in [0.15, 0.2) is 6.33 Å². The summed E-state index contributed by atoms with van der Waals surface area (Å²) in [6.07, 6.45) is 5.60. The molecule has 1 aliphatic rings. The summed E-state index contributed by atoms with van der Waals surface area (Å²) in [5, 5.41) is 3.30. The predicted octanol–water partition coefficient (Wildman–Crippen LogP) is 1.02. The zero-order valence-corrected chi connectivity index (χ0v) is 7.67. The third-order valence-corrected chi connectivity index (χ3v) is 2.68. The van der Waals surface area contributed by atoms with Crippen LogP contribution in [0.1, 0.15) is 30.3 Å². The second kappa shape index (κ2) is 2.90. The fourth-order valence-corrected chi connectivity index (χ4v) is 1.96. The Bertz CT molecular complexity index is 277. The molecule has 1 N–H and O–H groups in total. The number of aryl methyl sites for hydroxylation is 1. The standard InChI is InChI=1S/C9H15N3/c1-10-7-4-3-5-8-9(7)11-6-12(8)2/h6-7,10H,3-5H2,1-2H3/t7-/m1/s1. The van der Waals surface area contributed by atoms with Gasteiger partial charge in [0.25, 0.3) is 0 Å². The molecule has 12 heavy (non-hydrogen) atoms. The van der Waals surface area contributed by atoms with Crippen molar-refractivity contribution in [1.29, 1.82) is 0 Å². The van der Waals surface area contributed by atoms with Crippen LogP contribution < -0.4 is 5.32 Å². The topological polar surface area (TPSA) is 29.9 Å². The number of nitrogens with one attached hydrogen (secondary N) is 1. The molecule has 0 fully saturated rings. The van der Waals surface area contributed by atoms with E-state index in [1.165, 1.54) is 30.7 Å². The molecule has 1 aliphatic carbocycles. The van der Waals surface area contributed by atoms with Crippen molar-refractivity contribution >= 4 is 0 Å². The van der Waals surface area contributed by atoms with Crippen LogP contribution >= 0.6 is 0 Å². The van der Waals surface area contributed by atoms with Gasteiger partial charge >= 0.3 is 0 Å². The highest BCUT2D eigenvalue weighted by Crippen LogP contribution is 2.27. The Kier molecular flexibility index (Phi) is 1.89. The van der Waals surface area contributed by atoms with Gasteiger partial charge in [-0.15, -0.1) is 0 Å². The number of hydrogen-bond donors (Lipinski definition) is 1. The Morgan fingerprint density at radius 2 is 2.50 bits per heavy atom. The zero-order chi connectivity index (χ0) is 8.55. The van der Waals surface area contributed by atoms with Crippen LogP contribution in [-0.4, -0.2) is 16.6 Å². The first-order chi connectivity index (χ1) is 5.83. The van der Waals surface area contributed by atoms with E-state index in [-0.39, 0.29) is 0 Å². The summed E-state index contributed by atoms with van der Waals surface area (Å²) in [5.74, 6) is 0. The lowest BCUT2D eigenvalue weighted by Gasteiger charge is -2.21. The fourth-order valence-electron chi connectivity index (χ4n) is 1.96. The van der Waals surface area contributed by atoms with Crippen molar-refractivity contribution < 1.29 is 0 Å². The molecule has 0 bridgehead atoms. The highest BCUT2D eigenvalue weighted by molar-refractivity contribution is 5.20. The number of imidazole rings is 1. The number of fused-ring (bicyclic) bond motifs is 1. The summed E-state index contributed by atoms with van der Waals surface area (Å²) in [6, 6.07) is 0.481. The average Bonchev–Trinajstić information content (AvgIpc) is 2.48. The van der Waals surface area contributed by atoms with Crippen LogP contribution in [-0.2, 0) is 13.5 Å². The summed E-state index contributed by atoms with van der Waals surface area (Å²) in [5.41, 5.74) is 2.66. The molecule has 0 radical (unpaired) electrons. The molecule has 0 spiro atoms. The molecule has 1 aromatic rings. The molecule has 3 nitrogen and oxygen atoms in total. The van der Waals surface area contributed by atoms with Gasteiger partial charge in [-0.25, -0.2) is 4.98 Å². The summed E-state index contributed by atoms with van der Waals surface area (Å²) in [4.78, 5) is 4.41. The van der Waals surface area contributed by atoms with Gasteiger partial charge in [0.15, 0.2) is 0 Å². The van der Waals surface area contributed by atoms with Gasteiger partial charge in [0.05, 0.1) is 18.1 Å². The lowest BCUT2D eigenvalue weighted by atomic mass is 9.96. The highest BCUT2D eigenvalue weighted by atomic mass is 15.1. The van der Waals surface area contributed by atoms with E-state index in [4.69, 9.17) is 0 Å². The van der Waals surface area contributed by atoms with Crippen molar-refractivity contribution in [2.24, 2.45) is 7.05 Å². The molecule has 1 heterocycles. The lowest BCUT2D eigenvalue weighted by Crippen LogP contribution is -2.22. The third-order valence-electron chi connectivity index (χ3n) is 2.68. The first-order valence-corrected chi connectivity index (χ1v) is 4.50. The summed E-state index contributed by atoms with van der Waals surface area (Å²) >= 11 is 0. The van der Waals surface area contributed by atoms with Gasteiger partial charge in [0, 0.05) is 12.7 Å². The van der Waals surface area contributed by atoms with E-state index in [1.54, 1.807) is 0 Å². The largest absolute Gasteiger partial charge is 0.337 e. The summed E-state index contributed by atoms with van der Waals surface area (Å²) in [7, 11) is 4.08. The molecule has 0 amide bonds. The summed E-state index contributed by atoms with van der Waals surface area (Å²) < 4.78 is 2.14. The Labute approximate surface area is 72.8 Å². The van der Waals surface area contributed by atoms with Gasteiger partial charge < -0.3 is 9.88 Å².